The van der Waals surface area contributed by atoms with Crippen LogP contribution in [0.5, 0.6) is 0 Å². The van der Waals surface area contributed by atoms with E-state index in [1.165, 1.54) is 6.20 Å². The van der Waals surface area contributed by atoms with Gasteiger partial charge in [0.1, 0.15) is 11.6 Å². The van der Waals surface area contributed by atoms with Crippen LogP contribution in [0.1, 0.15) is 6.92 Å². The number of nitrogen functional groups attached to an aromatic ring is 1. The predicted octanol–water partition coefficient (Wildman–Crippen LogP) is 1.77. The van der Waals surface area contributed by atoms with Crippen molar-refractivity contribution in [2.75, 3.05) is 5.73 Å². The number of hydrogen-bond acceptors (Lipinski definition) is 2. The van der Waals surface area contributed by atoms with E-state index < -0.39 is 12.5 Å². The van der Waals surface area contributed by atoms with Crippen molar-refractivity contribution in [3.8, 4) is 0 Å². The number of aromatic nitrogens is 2. The lowest BCUT2D eigenvalue weighted by Gasteiger charge is -2.08. The Hall–Kier alpha value is -0.840. The molecule has 3 nitrogen and oxygen atoms in total. The first-order valence-electron chi connectivity index (χ1n) is 3.25. The summed E-state index contributed by atoms with van der Waals surface area (Å²) in [6.07, 6.45) is 1.27. The van der Waals surface area contributed by atoms with Gasteiger partial charge in [0, 0.05) is 13.1 Å². The molecule has 68 valence electrons. The number of alkyl halides is 2. The highest BCUT2D eigenvalue weighted by Gasteiger charge is 2.22. The molecule has 0 atom stereocenters. The Kier molecular flexibility index (Phi) is 2.23. The van der Waals surface area contributed by atoms with Crippen LogP contribution in [0.25, 0.3) is 0 Å². The van der Waals surface area contributed by atoms with E-state index >= 15 is 0 Å². The molecule has 0 bridgehead atoms. The highest BCUT2D eigenvalue weighted by molar-refractivity contribution is 6.32. The van der Waals surface area contributed by atoms with Gasteiger partial charge >= 0.3 is 0 Å². The predicted molar refractivity (Wildman–Crippen MR) is 42.3 cm³/mol. The molecule has 0 spiro atoms. The van der Waals surface area contributed by atoms with Crippen molar-refractivity contribution in [2.24, 2.45) is 0 Å². The Morgan fingerprint density at radius 1 is 1.75 bits per heavy atom. The second-order valence-electron chi connectivity index (χ2n) is 2.63. The van der Waals surface area contributed by atoms with E-state index in [-0.39, 0.29) is 10.8 Å². The maximum absolute atomic E-state index is 12.4. The topological polar surface area (TPSA) is 43.8 Å². The molecule has 12 heavy (non-hydrogen) atoms. The summed E-state index contributed by atoms with van der Waals surface area (Å²) >= 11 is 5.51. The van der Waals surface area contributed by atoms with E-state index in [2.05, 4.69) is 5.10 Å². The summed E-state index contributed by atoms with van der Waals surface area (Å²) in [7, 11) is 0. The van der Waals surface area contributed by atoms with Gasteiger partial charge in [-0.25, -0.2) is 8.78 Å². The molecule has 0 aliphatic heterocycles. The lowest BCUT2D eigenvalue weighted by Crippen LogP contribution is -2.19. The summed E-state index contributed by atoms with van der Waals surface area (Å²) in [6.45, 7) is 0.294. The quantitative estimate of drug-likeness (QED) is 0.782. The third kappa shape index (κ3) is 2.34. The van der Waals surface area contributed by atoms with Crippen molar-refractivity contribution in [3.05, 3.63) is 11.2 Å². The molecule has 0 fully saturated rings. The molecule has 1 rings (SSSR count). The van der Waals surface area contributed by atoms with Gasteiger partial charge in [0.2, 0.25) is 0 Å². The molecule has 0 aromatic carbocycles. The van der Waals surface area contributed by atoms with Crippen molar-refractivity contribution in [1.82, 2.24) is 9.78 Å². The van der Waals surface area contributed by atoms with E-state index in [9.17, 15) is 8.78 Å². The largest absolute Gasteiger partial charge is 0.381 e. The first-order valence-corrected chi connectivity index (χ1v) is 3.62. The molecule has 2 N–H and O–H groups in total. The molecular weight excluding hydrogens is 188 g/mol. The molecule has 0 saturated heterocycles. The van der Waals surface area contributed by atoms with Crippen LogP contribution < -0.4 is 5.73 Å². The molecule has 1 aromatic rings. The van der Waals surface area contributed by atoms with Gasteiger partial charge < -0.3 is 5.73 Å². The first kappa shape index (κ1) is 9.25. The zero-order valence-corrected chi connectivity index (χ0v) is 7.15. The lowest BCUT2D eigenvalue weighted by atomic mass is 10.4. The number of nitrogens with zero attached hydrogens (tertiary/aromatic N) is 2. The van der Waals surface area contributed by atoms with Crippen molar-refractivity contribution in [3.63, 3.8) is 0 Å². The van der Waals surface area contributed by atoms with Crippen LogP contribution in [-0.4, -0.2) is 15.7 Å². The lowest BCUT2D eigenvalue weighted by molar-refractivity contribution is 0.000687. The van der Waals surface area contributed by atoms with Crippen molar-refractivity contribution in [2.45, 2.75) is 19.4 Å². The van der Waals surface area contributed by atoms with Gasteiger partial charge in [-0.1, -0.05) is 11.6 Å². The molecule has 0 amide bonds. The Labute approximate surface area is 73.1 Å². The summed E-state index contributed by atoms with van der Waals surface area (Å²) in [5.41, 5.74) is 5.25. The van der Waals surface area contributed by atoms with Gasteiger partial charge in [0.25, 0.3) is 5.92 Å². The zero-order valence-electron chi connectivity index (χ0n) is 6.39. The molecular formula is C6H8ClF2N3. The van der Waals surface area contributed by atoms with E-state index in [0.717, 1.165) is 11.6 Å². The zero-order chi connectivity index (χ0) is 9.35. The van der Waals surface area contributed by atoms with Gasteiger partial charge in [-0.3, -0.25) is 4.68 Å². The fraction of sp³-hybridized carbons (Fsp3) is 0.500. The van der Waals surface area contributed by atoms with E-state index in [4.69, 9.17) is 17.3 Å². The molecule has 1 heterocycles. The van der Waals surface area contributed by atoms with Crippen LogP contribution in [0, 0.1) is 0 Å². The molecule has 0 saturated carbocycles. The fourth-order valence-corrected chi connectivity index (χ4v) is 0.928. The average Bonchev–Trinajstić information content (AvgIpc) is 2.07. The van der Waals surface area contributed by atoms with Crippen LogP contribution in [-0.2, 0) is 6.54 Å². The van der Waals surface area contributed by atoms with Crippen LogP contribution in [0.4, 0.5) is 14.6 Å². The third-order valence-corrected chi connectivity index (χ3v) is 1.47. The Balaban J connectivity index is 2.77. The normalized spacial score (nSPS) is 12.0. The minimum absolute atomic E-state index is 0.0703. The van der Waals surface area contributed by atoms with Gasteiger partial charge in [-0.05, 0) is 0 Å². The van der Waals surface area contributed by atoms with Crippen LogP contribution in [0.2, 0.25) is 5.02 Å². The standard InChI is InChI=1S/C6H8ClF2N3/c1-6(8,9)3-12-2-4(7)5(10)11-12/h2H,3H2,1H3,(H2,10,11). The second kappa shape index (κ2) is 2.90. The third-order valence-electron chi connectivity index (χ3n) is 1.18. The number of nitrogens with two attached hydrogens (primary N) is 1. The highest BCUT2D eigenvalue weighted by atomic mass is 35.5. The highest BCUT2D eigenvalue weighted by Crippen LogP contribution is 2.19. The maximum Gasteiger partial charge on any atom is 0.264 e. The van der Waals surface area contributed by atoms with Crippen LogP contribution in [0.3, 0.4) is 0 Å². The van der Waals surface area contributed by atoms with Crippen molar-refractivity contribution >= 4 is 17.4 Å². The van der Waals surface area contributed by atoms with Crippen LogP contribution in [0.15, 0.2) is 6.20 Å². The van der Waals surface area contributed by atoms with Gasteiger partial charge in [-0.2, -0.15) is 5.10 Å². The summed E-state index contributed by atoms with van der Waals surface area (Å²) in [5, 5.41) is 3.77. The summed E-state index contributed by atoms with van der Waals surface area (Å²) in [5.74, 6) is -2.73. The summed E-state index contributed by atoms with van der Waals surface area (Å²) in [4.78, 5) is 0. The van der Waals surface area contributed by atoms with Gasteiger partial charge in [0.15, 0.2) is 5.82 Å². The molecule has 0 unspecified atom stereocenters. The monoisotopic (exact) mass is 195 g/mol. The second-order valence-corrected chi connectivity index (χ2v) is 3.04. The Morgan fingerprint density at radius 3 is 2.67 bits per heavy atom. The minimum Gasteiger partial charge on any atom is -0.381 e. The summed E-state index contributed by atoms with van der Waals surface area (Å²) < 4.78 is 25.8. The average molecular weight is 196 g/mol. The SMILES string of the molecule is CC(F)(F)Cn1cc(Cl)c(N)n1. The Morgan fingerprint density at radius 2 is 2.33 bits per heavy atom. The maximum atomic E-state index is 12.4. The number of hydrogen-bond donors (Lipinski definition) is 1. The smallest absolute Gasteiger partial charge is 0.264 e. The number of rotatable bonds is 2. The van der Waals surface area contributed by atoms with E-state index in [1.807, 2.05) is 0 Å². The van der Waals surface area contributed by atoms with Crippen molar-refractivity contribution in [1.29, 1.82) is 0 Å². The van der Waals surface area contributed by atoms with E-state index in [1.54, 1.807) is 0 Å². The Bertz CT molecular complexity index is 259. The minimum atomic E-state index is -2.80. The van der Waals surface area contributed by atoms with Crippen molar-refractivity contribution < 1.29 is 8.78 Å². The molecule has 0 aliphatic rings. The van der Waals surface area contributed by atoms with Crippen LogP contribution >= 0.6 is 11.6 Å². The number of halogens is 3. The van der Waals surface area contributed by atoms with E-state index in [0.29, 0.717) is 0 Å². The fourth-order valence-electron chi connectivity index (χ4n) is 0.777. The molecule has 0 radical (unpaired) electrons. The molecule has 1 aromatic heterocycles. The van der Waals surface area contributed by atoms with Gasteiger partial charge in [0.05, 0.1) is 0 Å². The van der Waals surface area contributed by atoms with Gasteiger partial charge in [-0.15, -0.1) is 0 Å². The molecule has 0 aliphatic carbocycles. The number of anilines is 1. The summed E-state index contributed by atoms with van der Waals surface area (Å²) in [6, 6.07) is 0. The first-order chi connectivity index (χ1) is 5.38. The molecule has 6 heteroatoms.